The third kappa shape index (κ3) is 9.49. The molecule has 2 rings (SSSR count). The molecule has 11 heteroatoms. The maximum atomic E-state index is 13.4. The molecule has 3 amide bonds. The first-order chi connectivity index (χ1) is 20.4. The maximum absolute atomic E-state index is 13.4. The fourth-order valence-electron chi connectivity index (χ4n) is 5.21. The van der Waals surface area contributed by atoms with Crippen LogP contribution in [0.15, 0.2) is 60.7 Å². The molecule has 11 nitrogen and oxygen atoms in total. The third-order valence-corrected chi connectivity index (χ3v) is 7.74. The van der Waals surface area contributed by atoms with Gasteiger partial charge in [-0.05, 0) is 44.7 Å². The number of carboxylic acid groups (broad SMARTS) is 1. The SMILES string of the molecule is CNC(=O)C(O)(C(=O)N[C@@H](Cc1ccccc1)[C@H](O)CNC[C@@H](O)[C@H](Cc1ccccc1)N(C(=O)[O-])C(C)(C)C)C(C)(C)C. The molecular formula is C33H49N4O7-. The molecule has 1 unspecified atom stereocenters. The van der Waals surface area contributed by atoms with Gasteiger partial charge in [-0.25, -0.2) is 0 Å². The number of benzene rings is 2. The highest BCUT2D eigenvalue weighted by atomic mass is 16.4. The highest BCUT2D eigenvalue weighted by Crippen LogP contribution is 2.31. The number of hydrogen-bond acceptors (Lipinski definition) is 8. The summed E-state index contributed by atoms with van der Waals surface area (Å²) in [4.78, 5) is 39.4. The van der Waals surface area contributed by atoms with Crippen LogP contribution in [0.5, 0.6) is 0 Å². The second-order valence-corrected chi connectivity index (χ2v) is 13.2. The quantitative estimate of drug-likeness (QED) is 0.168. The highest BCUT2D eigenvalue weighted by Gasteiger charge is 2.53. The normalized spacial score (nSPS) is 16.1. The van der Waals surface area contributed by atoms with Crippen molar-refractivity contribution < 1.29 is 34.8 Å². The molecule has 6 N–H and O–H groups in total. The number of carbonyl (C=O) groups excluding carboxylic acids is 3. The first-order valence-corrected chi connectivity index (χ1v) is 14.8. The average molecular weight is 614 g/mol. The van der Waals surface area contributed by atoms with Crippen LogP contribution in [0.2, 0.25) is 0 Å². The molecule has 5 atom stereocenters. The second-order valence-electron chi connectivity index (χ2n) is 13.2. The van der Waals surface area contributed by atoms with Crippen LogP contribution in [0, 0.1) is 5.41 Å². The van der Waals surface area contributed by atoms with Crippen LogP contribution in [0.3, 0.4) is 0 Å². The van der Waals surface area contributed by atoms with Gasteiger partial charge in [-0.15, -0.1) is 0 Å². The molecule has 2 aromatic carbocycles. The summed E-state index contributed by atoms with van der Waals surface area (Å²) in [6.45, 7) is 9.68. The molecule has 0 bridgehead atoms. The van der Waals surface area contributed by atoms with Crippen LogP contribution >= 0.6 is 0 Å². The van der Waals surface area contributed by atoms with Crippen molar-refractivity contribution in [3.63, 3.8) is 0 Å². The maximum Gasteiger partial charge on any atom is 0.262 e. The van der Waals surface area contributed by atoms with Gasteiger partial charge in [0.25, 0.3) is 11.8 Å². The fraction of sp³-hybridized carbons (Fsp3) is 0.545. The minimum atomic E-state index is -2.42. The highest BCUT2D eigenvalue weighted by molar-refractivity contribution is 6.09. The monoisotopic (exact) mass is 613 g/mol. The van der Waals surface area contributed by atoms with Crippen molar-refractivity contribution in [3.05, 3.63) is 71.8 Å². The van der Waals surface area contributed by atoms with Gasteiger partial charge in [0.05, 0.1) is 24.3 Å². The van der Waals surface area contributed by atoms with E-state index in [9.17, 15) is 34.8 Å². The van der Waals surface area contributed by atoms with E-state index in [1.807, 2.05) is 60.7 Å². The van der Waals surface area contributed by atoms with Crippen LogP contribution in [-0.2, 0) is 22.4 Å². The van der Waals surface area contributed by atoms with E-state index in [1.165, 1.54) is 7.05 Å². The van der Waals surface area contributed by atoms with Gasteiger partial charge in [-0.1, -0.05) is 81.4 Å². The molecule has 0 heterocycles. The molecule has 0 aliphatic rings. The van der Waals surface area contributed by atoms with Crippen molar-refractivity contribution in [1.82, 2.24) is 20.9 Å². The number of nitrogens with zero attached hydrogens (tertiary/aromatic N) is 1. The Bertz CT molecular complexity index is 1210. The molecule has 0 saturated carbocycles. The topological polar surface area (TPSA) is 174 Å². The van der Waals surface area contributed by atoms with E-state index in [2.05, 4.69) is 16.0 Å². The van der Waals surface area contributed by atoms with Crippen LogP contribution in [-0.4, -0.2) is 93.7 Å². The van der Waals surface area contributed by atoms with Crippen LogP contribution in [0.1, 0.15) is 52.7 Å². The van der Waals surface area contributed by atoms with Gasteiger partial charge in [-0.2, -0.15) is 0 Å². The van der Waals surface area contributed by atoms with E-state index in [0.717, 1.165) is 16.0 Å². The number of nitrogens with one attached hydrogen (secondary N) is 3. The van der Waals surface area contributed by atoms with Crippen molar-refractivity contribution >= 4 is 17.9 Å². The Labute approximate surface area is 260 Å². The van der Waals surface area contributed by atoms with Gasteiger partial charge in [0, 0.05) is 31.1 Å². The van der Waals surface area contributed by atoms with Gasteiger partial charge >= 0.3 is 0 Å². The first kappa shape index (κ1) is 36.7. The van der Waals surface area contributed by atoms with Gasteiger partial charge in [0.2, 0.25) is 5.60 Å². The predicted octanol–water partition coefficient (Wildman–Crippen LogP) is 0.604. The summed E-state index contributed by atoms with van der Waals surface area (Å²) in [5.41, 5.74) is -2.83. The molecule has 0 radical (unpaired) electrons. The summed E-state index contributed by atoms with van der Waals surface area (Å²) in [6.07, 6.45) is -3.39. The number of rotatable bonds is 14. The molecule has 244 valence electrons. The number of aliphatic hydroxyl groups excluding tert-OH is 2. The molecule has 2 aromatic rings. The molecule has 0 aliphatic heterocycles. The summed E-state index contributed by atoms with van der Waals surface area (Å²) >= 11 is 0. The lowest BCUT2D eigenvalue weighted by atomic mass is 9.74. The Morgan fingerprint density at radius 2 is 1.27 bits per heavy atom. The fourth-order valence-corrected chi connectivity index (χ4v) is 5.21. The zero-order valence-electron chi connectivity index (χ0n) is 26.8. The van der Waals surface area contributed by atoms with Crippen LogP contribution < -0.4 is 21.1 Å². The number of amides is 3. The van der Waals surface area contributed by atoms with Crippen molar-refractivity contribution in [2.24, 2.45) is 5.41 Å². The molecule has 0 fully saturated rings. The van der Waals surface area contributed by atoms with E-state index in [0.29, 0.717) is 0 Å². The van der Waals surface area contributed by atoms with Gasteiger partial charge in [0.15, 0.2) is 0 Å². The summed E-state index contributed by atoms with van der Waals surface area (Å²) < 4.78 is 0. The molecule has 44 heavy (non-hydrogen) atoms. The average Bonchev–Trinajstić information content (AvgIpc) is 2.94. The summed E-state index contributed by atoms with van der Waals surface area (Å²) in [7, 11) is 1.32. The Morgan fingerprint density at radius 3 is 1.70 bits per heavy atom. The lowest BCUT2D eigenvalue weighted by Crippen LogP contribution is -2.66. The Balaban J connectivity index is 2.26. The Hall–Kier alpha value is -3.51. The van der Waals surface area contributed by atoms with Crippen LogP contribution in [0.25, 0.3) is 0 Å². The molecule has 0 aromatic heterocycles. The van der Waals surface area contributed by atoms with E-state index < -0.39 is 58.8 Å². The molecule has 0 aliphatic carbocycles. The zero-order chi connectivity index (χ0) is 33.3. The van der Waals surface area contributed by atoms with Crippen molar-refractivity contribution in [2.45, 2.75) is 89.8 Å². The largest absolute Gasteiger partial charge is 0.530 e. The standard InChI is InChI=1S/C33H50N4O7/c1-31(2,3)33(44,28(40)34-7)29(41)36-24(18-22-14-10-8-11-15-22)26(38)20-35-21-27(39)25(19-23-16-12-9-13-17-23)37(30(42)43)32(4,5)6/h8-17,24-27,35,38-39,44H,18-21H2,1-7H3,(H,34,40)(H,36,41)(H,42,43)/p-1/t24-,25-,26+,27+,33?/m0/s1. The van der Waals surface area contributed by atoms with Crippen molar-refractivity contribution in [1.29, 1.82) is 0 Å². The lowest BCUT2D eigenvalue weighted by molar-refractivity contribution is -0.275. The summed E-state index contributed by atoms with van der Waals surface area (Å²) in [6, 6.07) is 16.5. The van der Waals surface area contributed by atoms with Gasteiger partial charge in [0.1, 0.15) is 6.09 Å². The van der Waals surface area contributed by atoms with E-state index in [1.54, 1.807) is 41.5 Å². The van der Waals surface area contributed by atoms with Crippen molar-refractivity contribution in [3.8, 4) is 0 Å². The number of likely N-dealkylation sites (N-methyl/N-ethyl adjacent to an activating group) is 1. The molecule has 0 saturated heterocycles. The number of aliphatic hydroxyl groups is 3. The van der Waals surface area contributed by atoms with E-state index in [-0.39, 0.29) is 25.9 Å². The third-order valence-electron chi connectivity index (χ3n) is 7.74. The number of hydrogen-bond donors (Lipinski definition) is 6. The smallest absolute Gasteiger partial charge is 0.262 e. The summed E-state index contributed by atoms with van der Waals surface area (Å²) in [5.74, 6) is -1.83. The van der Waals surface area contributed by atoms with Gasteiger partial charge in [-0.3, -0.25) is 9.59 Å². The Kier molecular flexibility index (Phi) is 12.9. The zero-order valence-corrected chi connectivity index (χ0v) is 26.8. The van der Waals surface area contributed by atoms with Gasteiger partial charge < -0.3 is 46.1 Å². The minimum absolute atomic E-state index is 0.0788. The molecular weight excluding hydrogens is 564 g/mol. The predicted molar refractivity (Wildman–Crippen MR) is 166 cm³/mol. The molecule has 0 spiro atoms. The second kappa shape index (κ2) is 15.5. The Morgan fingerprint density at radius 1 is 0.795 bits per heavy atom. The first-order valence-electron chi connectivity index (χ1n) is 14.8. The number of carbonyl (C=O) groups is 3. The van der Waals surface area contributed by atoms with E-state index >= 15 is 0 Å². The summed E-state index contributed by atoms with van der Waals surface area (Å²) in [5, 5.41) is 54.0. The van der Waals surface area contributed by atoms with E-state index in [4.69, 9.17) is 0 Å². The minimum Gasteiger partial charge on any atom is -0.530 e. The van der Waals surface area contributed by atoms with Crippen molar-refractivity contribution in [2.75, 3.05) is 20.1 Å². The lowest BCUT2D eigenvalue weighted by Gasteiger charge is -2.45. The van der Waals surface area contributed by atoms with Crippen LogP contribution in [0.4, 0.5) is 4.79 Å².